The van der Waals surface area contributed by atoms with Crippen LogP contribution in [-0.4, -0.2) is 24.3 Å². The summed E-state index contributed by atoms with van der Waals surface area (Å²) in [5.74, 6) is 0.737. The first kappa shape index (κ1) is 9.92. The number of aliphatic hydroxyl groups is 1. The maximum atomic E-state index is 8.49. The highest BCUT2D eigenvalue weighted by Crippen LogP contribution is 2.02. The van der Waals surface area contributed by atoms with Gasteiger partial charge in [-0.05, 0) is 19.3 Å². The summed E-state index contributed by atoms with van der Waals surface area (Å²) >= 11 is 0. The van der Waals surface area contributed by atoms with Gasteiger partial charge in [-0.2, -0.15) is 0 Å². The first-order valence-electron chi connectivity index (χ1n) is 4.01. The quantitative estimate of drug-likeness (QED) is 0.605. The second kappa shape index (κ2) is 5.69. The second-order valence-electron chi connectivity index (χ2n) is 3.21. The van der Waals surface area contributed by atoms with Crippen molar-refractivity contribution in [2.75, 3.05) is 13.2 Å². The van der Waals surface area contributed by atoms with E-state index in [-0.39, 0.29) is 6.61 Å². The highest BCUT2D eigenvalue weighted by Gasteiger charge is 2.02. The molecule has 0 radical (unpaired) electrons. The van der Waals surface area contributed by atoms with E-state index in [0.29, 0.717) is 12.6 Å². The van der Waals surface area contributed by atoms with E-state index in [1.54, 1.807) is 0 Å². The summed E-state index contributed by atoms with van der Waals surface area (Å²) in [5, 5.41) is 11.7. The highest BCUT2D eigenvalue weighted by molar-refractivity contribution is 4.61. The van der Waals surface area contributed by atoms with E-state index < -0.39 is 0 Å². The van der Waals surface area contributed by atoms with E-state index in [9.17, 15) is 0 Å². The molecule has 0 fully saturated rings. The van der Waals surface area contributed by atoms with Crippen molar-refractivity contribution in [3.8, 4) is 0 Å². The Kier molecular flexibility index (Phi) is 5.64. The van der Waals surface area contributed by atoms with Gasteiger partial charge in [0.2, 0.25) is 0 Å². The van der Waals surface area contributed by atoms with Gasteiger partial charge in [0.05, 0.1) is 6.61 Å². The van der Waals surface area contributed by atoms with E-state index >= 15 is 0 Å². The van der Waals surface area contributed by atoms with Crippen LogP contribution in [0, 0.1) is 5.92 Å². The second-order valence-corrected chi connectivity index (χ2v) is 3.21. The summed E-state index contributed by atoms with van der Waals surface area (Å²) in [5.41, 5.74) is 0. The third-order valence-electron chi connectivity index (χ3n) is 1.43. The SMILES string of the molecule is CC(C)C[C@@H](C)NCCO. The third-order valence-corrected chi connectivity index (χ3v) is 1.43. The standard InChI is InChI=1S/C8H19NO/c1-7(2)6-8(3)9-4-5-10/h7-10H,4-6H2,1-3H3/t8-/m1/s1. The molecule has 10 heavy (non-hydrogen) atoms. The normalized spacial score (nSPS) is 14.1. The molecule has 0 aromatic rings. The van der Waals surface area contributed by atoms with E-state index in [4.69, 9.17) is 5.11 Å². The molecular weight excluding hydrogens is 126 g/mol. The minimum atomic E-state index is 0.239. The van der Waals surface area contributed by atoms with Crippen LogP contribution in [0.2, 0.25) is 0 Å². The zero-order valence-corrected chi connectivity index (χ0v) is 7.22. The molecule has 0 aliphatic carbocycles. The van der Waals surface area contributed by atoms with Crippen LogP contribution in [0.3, 0.4) is 0 Å². The van der Waals surface area contributed by atoms with Crippen LogP contribution in [0.1, 0.15) is 27.2 Å². The molecule has 0 aromatic carbocycles. The zero-order valence-electron chi connectivity index (χ0n) is 7.22. The largest absolute Gasteiger partial charge is 0.395 e. The van der Waals surface area contributed by atoms with E-state index in [1.807, 2.05) is 0 Å². The van der Waals surface area contributed by atoms with Crippen molar-refractivity contribution in [2.24, 2.45) is 5.92 Å². The molecule has 2 nitrogen and oxygen atoms in total. The fraction of sp³-hybridized carbons (Fsp3) is 1.00. The van der Waals surface area contributed by atoms with Crippen LogP contribution in [0.25, 0.3) is 0 Å². The predicted molar refractivity (Wildman–Crippen MR) is 44.0 cm³/mol. The summed E-state index contributed by atoms with van der Waals surface area (Å²) in [7, 11) is 0. The van der Waals surface area contributed by atoms with Crippen LogP contribution in [-0.2, 0) is 0 Å². The third kappa shape index (κ3) is 6.05. The molecule has 62 valence electrons. The maximum Gasteiger partial charge on any atom is 0.0556 e. The molecule has 0 rings (SSSR count). The fourth-order valence-electron chi connectivity index (χ4n) is 1.10. The predicted octanol–water partition coefficient (Wildman–Crippen LogP) is 1.00. The lowest BCUT2D eigenvalue weighted by molar-refractivity contribution is 0.281. The average molecular weight is 145 g/mol. The minimum absolute atomic E-state index is 0.239. The van der Waals surface area contributed by atoms with Crippen molar-refractivity contribution >= 4 is 0 Å². The Balaban J connectivity index is 3.16. The summed E-state index contributed by atoms with van der Waals surface area (Å²) in [4.78, 5) is 0. The van der Waals surface area contributed by atoms with Gasteiger partial charge in [0.15, 0.2) is 0 Å². The lowest BCUT2D eigenvalue weighted by Crippen LogP contribution is -2.29. The number of aliphatic hydroxyl groups excluding tert-OH is 1. The van der Waals surface area contributed by atoms with Gasteiger partial charge < -0.3 is 10.4 Å². The summed E-state index contributed by atoms with van der Waals surface area (Å²) in [6.07, 6.45) is 1.18. The Hall–Kier alpha value is -0.0800. The number of hydrogen-bond acceptors (Lipinski definition) is 2. The van der Waals surface area contributed by atoms with Gasteiger partial charge in [-0.25, -0.2) is 0 Å². The smallest absolute Gasteiger partial charge is 0.0556 e. The Labute approximate surface area is 63.6 Å². The summed E-state index contributed by atoms with van der Waals surface area (Å²) in [6, 6.07) is 0.534. The first-order chi connectivity index (χ1) is 4.66. The van der Waals surface area contributed by atoms with Crippen molar-refractivity contribution in [2.45, 2.75) is 33.2 Å². The molecule has 0 aliphatic heterocycles. The van der Waals surface area contributed by atoms with E-state index in [1.165, 1.54) is 6.42 Å². The lowest BCUT2D eigenvalue weighted by Gasteiger charge is -2.14. The number of hydrogen-bond donors (Lipinski definition) is 2. The number of nitrogens with one attached hydrogen (secondary N) is 1. The molecule has 2 heteroatoms. The highest BCUT2D eigenvalue weighted by atomic mass is 16.3. The van der Waals surface area contributed by atoms with Crippen molar-refractivity contribution in [1.82, 2.24) is 5.32 Å². The van der Waals surface area contributed by atoms with Crippen LogP contribution in [0.5, 0.6) is 0 Å². The van der Waals surface area contributed by atoms with Crippen LogP contribution >= 0.6 is 0 Å². The molecule has 2 N–H and O–H groups in total. The molecule has 0 aromatic heterocycles. The Morgan fingerprint density at radius 3 is 2.30 bits per heavy atom. The van der Waals surface area contributed by atoms with E-state index in [2.05, 4.69) is 26.1 Å². The van der Waals surface area contributed by atoms with Crippen molar-refractivity contribution < 1.29 is 5.11 Å². The van der Waals surface area contributed by atoms with Gasteiger partial charge in [-0.15, -0.1) is 0 Å². The van der Waals surface area contributed by atoms with Gasteiger partial charge in [0.25, 0.3) is 0 Å². The molecule has 0 bridgehead atoms. The lowest BCUT2D eigenvalue weighted by atomic mass is 10.1. The van der Waals surface area contributed by atoms with Gasteiger partial charge >= 0.3 is 0 Å². The summed E-state index contributed by atoms with van der Waals surface area (Å²) in [6.45, 7) is 7.51. The molecule has 0 aliphatic rings. The maximum absolute atomic E-state index is 8.49. The van der Waals surface area contributed by atoms with Crippen LogP contribution in [0.4, 0.5) is 0 Å². The zero-order chi connectivity index (χ0) is 7.98. The molecule has 0 saturated carbocycles. The Morgan fingerprint density at radius 2 is 1.90 bits per heavy atom. The number of rotatable bonds is 5. The van der Waals surface area contributed by atoms with Gasteiger partial charge in [-0.1, -0.05) is 13.8 Å². The molecule has 0 spiro atoms. The molecule has 0 unspecified atom stereocenters. The van der Waals surface area contributed by atoms with Gasteiger partial charge in [0.1, 0.15) is 0 Å². The molecule has 0 amide bonds. The van der Waals surface area contributed by atoms with Gasteiger partial charge in [-0.3, -0.25) is 0 Å². The van der Waals surface area contributed by atoms with Crippen molar-refractivity contribution in [3.63, 3.8) is 0 Å². The fourth-order valence-corrected chi connectivity index (χ4v) is 1.10. The molecule has 0 saturated heterocycles. The monoisotopic (exact) mass is 145 g/mol. The topological polar surface area (TPSA) is 32.3 Å². The Morgan fingerprint density at radius 1 is 1.30 bits per heavy atom. The Bertz CT molecular complexity index is 73.7. The average Bonchev–Trinajstić information content (AvgIpc) is 1.82. The van der Waals surface area contributed by atoms with E-state index in [0.717, 1.165) is 5.92 Å². The molecule has 1 atom stereocenters. The van der Waals surface area contributed by atoms with Crippen molar-refractivity contribution in [1.29, 1.82) is 0 Å². The summed E-state index contributed by atoms with van der Waals surface area (Å²) < 4.78 is 0. The molecular formula is C8H19NO. The van der Waals surface area contributed by atoms with Crippen LogP contribution in [0.15, 0.2) is 0 Å². The first-order valence-corrected chi connectivity index (χ1v) is 4.01. The minimum Gasteiger partial charge on any atom is -0.395 e. The van der Waals surface area contributed by atoms with Crippen molar-refractivity contribution in [3.05, 3.63) is 0 Å². The molecule has 0 heterocycles. The van der Waals surface area contributed by atoms with Gasteiger partial charge in [0, 0.05) is 12.6 Å². The van der Waals surface area contributed by atoms with Crippen LogP contribution < -0.4 is 5.32 Å².